The Hall–Kier alpha value is -3.03. The molecule has 5 aliphatic rings. The van der Waals surface area contributed by atoms with Gasteiger partial charge in [0, 0.05) is 44.3 Å². The second-order valence-corrected chi connectivity index (χ2v) is 14.1. The van der Waals surface area contributed by atoms with E-state index in [1.165, 1.54) is 5.56 Å². The first kappa shape index (κ1) is 32.5. The average molecular weight is 649 g/mol. The van der Waals surface area contributed by atoms with Crippen LogP contribution in [0.3, 0.4) is 0 Å². The number of aromatic nitrogens is 2. The largest absolute Gasteiger partial charge is 0.450 e. The van der Waals surface area contributed by atoms with Gasteiger partial charge in [-0.25, -0.2) is 4.79 Å². The summed E-state index contributed by atoms with van der Waals surface area (Å²) in [5.74, 6) is 2.48. The quantitative estimate of drug-likeness (QED) is 0.319. The fraction of sp³-hybridized carbons (Fsp3) is 0.686. The van der Waals surface area contributed by atoms with E-state index in [9.17, 15) is 9.59 Å². The van der Waals surface area contributed by atoms with Gasteiger partial charge in [0.1, 0.15) is 0 Å². The van der Waals surface area contributed by atoms with Crippen LogP contribution in [0.5, 0.6) is 11.5 Å². The van der Waals surface area contributed by atoms with Crippen molar-refractivity contribution in [2.24, 2.45) is 5.73 Å². The summed E-state index contributed by atoms with van der Waals surface area (Å²) in [6, 6.07) is 7.01. The van der Waals surface area contributed by atoms with E-state index < -0.39 is 0 Å². The Morgan fingerprint density at radius 3 is 2.49 bits per heavy atom. The number of morpholine rings is 1. The maximum atomic E-state index is 13.7. The number of carbonyl (C=O) groups excluding carboxylic acids is 1. The third-order valence-corrected chi connectivity index (χ3v) is 11.0. The third-order valence-electron chi connectivity index (χ3n) is 11.0. The van der Waals surface area contributed by atoms with Crippen LogP contribution in [0.25, 0.3) is 0 Å². The molecule has 2 aromatic rings. The molecule has 4 fully saturated rings. The van der Waals surface area contributed by atoms with E-state index in [1.54, 1.807) is 4.57 Å². The maximum absolute atomic E-state index is 13.7. The Bertz CT molecular complexity index is 1420. The van der Waals surface area contributed by atoms with Crippen LogP contribution < -0.4 is 26.8 Å². The number of anilines is 2. The van der Waals surface area contributed by atoms with Crippen LogP contribution in [-0.2, 0) is 9.53 Å². The lowest BCUT2D eigenvalue weighted by Gasteiger charge is -2.38. The lowest BCUT2D eigenvalue weighted by molar-refractivity contribution is -0.135. The van der Waals surface area contributed by atoms with E-state index in [4.69, 9.17) is 15.2 Å². The molecule has 7 rings (SSSR count). The molecule has 1 aromatic carbocycles. The molecule has 0 atom stereocenters. The highest BCUT2D eigenvalue weighted by molar-refractivity contribution is 5.78. The number of rotatable bonds is 9. The molecular formula is C35H52N8O4. The SMILES string of the molecule is NC1CCC(n2cc3c(nc2=O)Nc2cc(C4CCN(CC(=O)N(CCCN5CCOCC5)C5CCNCC5)CC4)ccc2O3)CC1. The topological polar surface area (TPSA) is 130 Å². The molecule has 0 radical (unpaired) electrons. The minimum Gasteiger partial charge on any atom is -0.450 e. The highest BCUT2D eigenvalue weighted by Crippen LogP contribution is 2.43. The van der Waals surface area contributed by atoms with E-state index in [1.807, 2.05) is 12.3 Å². The van der Waals surface area contributed by atoms with Gasteiger partial charge in [-0.05, 0) is 108 Å². The van der Waals surface area contributed by atoms with E-state index in [-0.39, 0.29) is 23.7 Å². The number of nitrogens with one attached hydrogen (secondary N) is 2. The first-order chi connectivity index (χ1) is 23.0. The number of likely N-dealkylation sites (tertiary alicyclic amines) is 1. The average Bonchev–Trinajstić information content (AvgIpc) is 3.10. The molecule has 12 heteroatoms. The summed E-state index contributed by atoms with van der Waals surface area (Å²) in [4.78, 5) is 38.0. The molecule has 0 spiro atoms. The van der Waals surface area contributed by atoms with Crippen LogP contribution in [0.4, 0.5) is 11.5 Å². The summed E-state index contributed by atoms with van der Waals surface area (Å²) in [6.45, 7) is 9.75. The number of amides is 1. The summed E-state index contributed by atoms with van der Waals surface area (Å²) in [6.07, 6.45) is 10.5. The Labute approximate surface area is 278 Å². The molecule has 47 heavy (non-hydrogen) atoms. The molecule has 1 amide bonds. The number of ether oxygens (including phenoxy) is 2. The standard InChI is InChI=1S/C35H52N8O4/c36-27-3-5-28(6-4-27)43-23-32-34(39-35(43)45)38-30-22-26(2-7-31(30)47-32)25-10-16-41(17-11-25)24-33(44)42(29-8-12-37-13-9-29)15-1-14-40-18-20-46-21-19-40/h2,7,22-23,25,27-29,37H,1,3-6,8-21,24,36H2,(H,38,39,45). The number of benzene rings is 1. The number of carbonyl (C=O) groups is 1. The van der Waals surface area contributed by atoms with Gasteiger partial charge in [-0.15, -0.1) is 0 Å². The number of hydrogen-bond acceptors (Lipinski definition) is 10. The van der Waals surface area contributed by atoms with Gasteiger partial charge >= 0.3 is 5.69 Å². The third kappa shape index (κ3) is 7.83. The van der Waals surface area contributed by atoms with Gasteiger partial charge in [0.2, 0.25) is 5.91 Å². The molecular weight excluding hydrogens is 596 g/mol. The van der Waals surface area contributed by atoms with Gasteiger partial charge in [-0.1, -0.05) is 6.07 Å². The van der Waals surface area contributed by atoms with E-state index in [0.29, 0.717) is 30.1 Å². The molecule has 0 unspecified atom stereocenters. The maximum Gasteiger partial charge on any atom is 0.350 e. The fourth-order valence-electron chi connectivity index (χ4n) is 8.12. The van der Waals surface area contributed by atoms with E-state index in [2.05, 4.69) is 42.5 Å². The molecule has 4 N–H and O–H groups in total. The lowest BCUT2D eigenvalue weighted by Crippen LogP contribution is -2.51. The van der Waals surface area contributed by atoms with Gasteiger partial charge < -0.3 is 30.7 Å². The second kappa shape index (κ2) is 15.0. The van der Waals surface area contributed by atoms with Crippen LogP contribution in [0.1, 0.15) is 75.3 Å². The van der Waals surface area contributed by atoms with Crippen LogP contribution in [0.2, 0.25) is 0 Å². The smallest absolute Gasteiger partial charge is 0.350 e. The minimum absolute atomic E-state index is 0.113. The fourth-order valence-corrected chi connectivity index (χ4v) is 8.12. The van der Waals surface area contributed by atoms with Crippen molar-refractivity contribution in [3.8, 4) is 11.5 Å². The number of hydrogen-bond donors (Lipinski definition) is 3. The number of nitrogens with zero attached hydrogens (tertiary/aromatic N) is 5. The van der Waals surface area contributed by atoms with Crippen LogP contribution in [0, 0.1) is 0 Å². The zero-order chi connectivity index (χ0) is 32.2. The van der Waals surface area contributed by atoms with E-state index in [0.717, 1.165) is 135 Å². The molecule has 0 bridgehead atoms. The lowest BCUT2D eigenvalue weighted by atomic mass is 9.89. The number of piperidine rings is 2. The van der Waals surface area contributed by atoms with Crippen molar-refractivity contribution < 1.29 is 14.3 Å². The first-order valence-corrected chi connectivity index (χ1v) is 18.0. The summed E-state index contributed by atoms with van der Waals surface area (Å²) in [7, 11) is 0. The summed E-state index contributed by atoms with van der Waals surface area (Å²) in [5.41, 5.74) is 7.92. The van der Waals surface area contributed by atoms with Crippen molar-refractivity contribution in [1.82, 2.24) is 29.6 Å². The summed E-state index contributed by atoms with van der Waals surface area (Å²) >= 11 is 0. The van der Waals surface area contributed by atoms with Crippen LogP contribution >= 0.6 is 0 Å². The zero-order valence-corrected chi connectivity index (χ0v) is 27.7. The minimum atomic E-state index is -0.252. The molecule has 1 aliphatic carbocycles. The van der Waals surface area contributed by atoms with Crippen LogP contribution in [0.15, 0.2) is 29.2 Å². The van der Waals surface area contributed by atoms with Crippen LogP contribution in [-0.4, -0.2) is 114 Å². The number of nitrogens with two attached hydrogens (primary N) is 1. The molecule has 5 heterocycles. The molecule has 1 saturated carbocycles. The van der Waals surface area contributed by atoms with Crippen molar-refractivity contribution in [1.29, 1.82) is 0 Å². The Kier molecular flexibility index (Phi) is 10.4. The Morgan fingerprint density at radius 1 is 0.957 bits per heavy atom. The van der Waals surface area contributed by atoms with Crippen molar-refractivity contribution in [2.45, 2.75) is 81.8 Å². The Morgan fingerprint density at radius 2 is 1.72 bits per heavy atom. The second-order valence-electron chi connectivity index (χ2n) is 14.1. The van der Waals surface area contributed by atoms with Gasteiger partial charge in [0.05, 0.1) is 31.6 Å². The van der Waals surface area contributed by atoms with E-state index >= 15 is 0 Å². The van der Waals surface area contributed by atoms with Crippen molar-refractivity contribution >= 4 is 17.4 Å². The molecule has 256 valence electrons. The van der Waals surface area contributed by atoms with Crippen molar-refractivity contribution in [2.75, 3.05) is 77.4 Å². The molecule has 12 nitrogen and oxygen atoms in total. The predicted molar refractivity (Wildman–Crippen MR) is 182 cm³/mol. The number of fused-ring (bicyclic) bond motifs is 2. The zero-order valence-electron chi connectivity index (χ0n) is 27.7. The normalized spacial score (nSPS) is 24.5. The summed E-state index contributed by atoms with van der Waals surface area (Å²) < 4.78 is 13.5. The predicted octanol–water partition coefficient (Wildman–Crippen LogP) is 3.02. The molecule has 1 aromatic heterocycles. The van der Waals surface area contributed by atoms with Gasteiger partial charge in [0.15, 0.2) is 17.3 Å². The monoisotopic (exact) mass is 648 g/mol. The van der Waals surface area contributed by atoms with Crippen molar-refractivity contribution in [3.63, 3.8) is 0 Å². The summed E-state index contributed by atoms with van der Waals surface area (Å²) in [5, 5.41) is 6.83. The molecule has 3 saturated heterocycles. The highest BCUT2D eigenvalue weighted by atomic mass is 16.5. The first-order valence-electron chi connectivity index (χ1n) is 18.0. The van der Waals surface area contributed by atoms with Gasteiger partial charge in [-0.2, -0.15) is 4.98 Å². The Balaban J connectivity index is 0.933. The van der Waals surface area contributed by atoms with Gasteiger partial charge in [0.25, 0.3) is 0 Å². The van der Waals surface area contributed by atoms with Gasteiger partial charge in [-0.3, -0.25) is 19.2 Å². The highest BCUT2D eigenvalue weighted by Gasteiger charge is 2.30. The van der Waals surface area contributed by atoms with Crippen molar-refractivity contribution in [3.05, 3.63) is 40.4 Å². The molecule has 4 aliphatic heterocycles.